The minimum atomic E-state index is -10.7. The zero-order chi connectivity index (χ0) is 41.3. The number of hydrogen-bond acceptors (Lipinski definition) is 4. The summed E-state index contributed by atoms with van der Waals surface area (Å²) in [6, 6.07) is 10.5. The van der Waals surface area contributed by atoms with Crippen molar-refractivity contribution in [3.05, 3.63) is 167 Å². The summed E-state index contributed by atoms with van der Waals surface area (Å²) >= 11 is 0. The van der Waals surface area contributed by atoms with Gasteiger partial charge in [-0.3, -0.25) is 40.2 Å². The van der Waals surface area contributed by atoms with Gasteiger partial charge in [0.2, 0.25) is 0 Å². The first-order valence-corrected chi connectivity index (χ1v) is 17.0. The summed E-state index contributed by atoms with van der Waals surface area (Å²) in [7, 11) is -10.7. The standard InChI is InChI=1S/C12H6F6N2.2C12H9FN.F6P.Ir/c13-11(14,15)7-1-3-19-9(5-7)10-6-8(2-4-20-10)12(16,17)18;2*1-9-2-7-12(14-8-9)10-3-5-11(13)6-4-10;1-7(2,3,4,5)6;/h1-6H;2*2-3,5-8H,1H3;;/q;3*-1;+3. The summed E-state index contributed by atoms with van der Waals surface area (Å²) in [6.07, 6.45) is 4.37. The smallest absolute Gasteiger partial charge is 3.00 e. The molecule has 0 N–H and O–H groups in total. The van der Waals surface area contributed by atoms with E-state index >= 15 is 0 Å². The molecule has 0 saturated carbocycles. The van der Waals surface area contributed by atoms with E-state index in [2.05, 4.69) is 31.4 Å². The van der Waals surface area contributed by atoms with Crippen LogP contribution >= 0.6 is 7.81 Å². The Kier molecular flexibility index (Phi) is 15.0. The summed E-state index contributed by atoms with van der Waals surface area (Å²) < 4.78 is 160. The van der Waals surface area contributed by atoms with Crippen molar-refractivity contribution in [1.29, 1.82) is 0 Å². The van der Waals surface area contributed by atoms with Crippen LogP contribution in [0.3, 0.4) is 0 Å². The van der Waals surface area contributed by atoms with Crippen LogP contribution in [-0.2, 0) is 32.5 Å². The molecule has 4 heterocycles. The van der Waals surface area contributed by atoms with Gasteiger partial charge >= 0.3 is 65.4 Å². The van der Waals surface area contributed by atoms with Crippen molar-refractivity contribution in [2.75, 3.05) is 0 Å². The molecule has 0 atom stereocenters. The van der Waals surface area contributed by atoms with Crippen LogP contribution in [0.2, 0.25) is 0 Å². The monoisotopic (exact) mass is 1000 g/mol. The molecule has 4 nitrogen and oxygen atoms in total. The minimum absolute atomic E-state index is 0. The van der Waals surface area contributed by atoms with Gasteiger partial charge in [-0.05, 0) is 61.4 Å². The Morgan fingerprint density at radius 1 is 0.536 bits per heavy atom. The summed E-state index contributed by atoms with van der Waals surface area (Å²) in [4.78, 5) is 15.7. The van der Waals surface area contributed by atoms with E-state index in [0.717, 1.165) is 58.2 Å². The van der Waals surface area contributed by atoms with Crippen LogP contribution in [0.1, 0.15) is 33.6 Å². The fourth-order valence-electron chi connectivity index (χ4n) is 3.88. The first-order chi connectivity index (χ1) is 25.1. The summed E-state index contributed by atoms with van der Waals surface area (Å²) in [5, 5.41) is 0. The molecule has 0 spiro atoms. The fraction of sp³-hybridized carbons (Fsp3) is 0.111. The second-order valence-electron chi connectivity index (χ2n) is 11.1. The molecule has 20 heteroatoms. The average Bonchev–Trinajstić information content (AvgIpc) is 3.08. The summed E-state index contributed by atoms with van der Waals surface area (Å²) in [6.45, 7) is 3.95. The molecule has 0 bridgehead atoms. The van der Waals surface area contributed by atoms with E-state index in [1.807, 2.05) is 38.1 Å². The van der Waals surface area contributed by atoms with Gasteiger partial charge in [0, 0.05) is 37.1 Å². The molecular weight excluding hydrogens is 978 g/mol. The molecule has 2 aliphatic rings. The molecule has 0 saturated heterocycles. The molecular formula is C36H24F14IrN4P. The van der Waals surface area contributed by atoms with Crippen LogP contribution in [0.15, 0.2) is 121 Å². The van der Waals surface area contributed by atoms with Gasteiger partial charge in [-0.25, -0.2) is 0 Å². The molecule has 4 aromatic heterocycles. The number of allylic oxidation sites excluding steroid dienone is 6. The molecule has 0 fully saturated rings. The van der Waals surface area contributed by atoms with Crippen LogP contribution < -0.4 is 0 Å². The second-order valence-corrected chi connectivity index (χ2v) is 13.0. The van der Waals surface area contributed by atoms with Crippen LogP contribution in [0, 0.1) is 26.2 Å². The van der Waals surface area contributed by atoms with Crippen molar-refractivity contribution in [3.8, 4) is 11.4 Å². The van der Waals surface area contributed by atoms with E-state index in [1.165, 1.54) is 24.3 Å². The second kappa shape index (κ2) is 17.8. The Balaban J connectivity index is 0.000000270. The van der Waals surface area contributed by atoms with Crippen molar-refractivity contribution in [3.63, 3.8) is 0 Å². The van der Waals surface area contributed by atoms with Gasteiger partial charge in [-0.15, -0.1) is 24.3 Å². The number of aryl methyl sites for hydroxylation is 2. The van der Waals surface area contributed by atoms with Gasteiger partial charge in [0.05, 0.1) is 33.9 Å². The maximum atomic E-state index is 12.6. The summed E-state index contributed by atoms with van der Waals surface area (Å²) in [5.41, 5.74) is 8.60. The van der Waals surface area contributed by atoms with Gasteiger partial charge in [-0.1, -0.05) is 23.3 Å². The molecule has 2 aliphatic carbocycles. The van der Waals surface area contributed by atoms with Gasteiger partial charge in [0.1, 0.15) is 0 Å². The Bertz CT molecular complexity index is 2000. The zero-order valence-corrected chi connectivity index (χ0v) is 31.5. The Morgan fingerprint density at radius 3 is 1.12 bits per heavy atom. The van der Waals surface area contributed by atoms with E-state index in [1.54, 1.807) is 24.5 Å². The van der Waals surface area contributed by atoms with E-state index in [9.17, 15) is 60.3 Å². The van der Waals surface area contributed by atoms with E-state index < -0.39 is 31.3 Å². The van der Waals surface area contributed by atoms with E-state index in [4.69, 9.17) is 0 Å². The molecule has 56 heavy (non-hydrogen) atoms. The van der Waals surface area contributed by atoms with Crippen molar-refractivity contribution in [2.45, 2.75) is 26.2 Å². The Hall–Kier alpha value is -5.04. The Labute approximate surface area is 323 Å². The average molecular weight is 1000 g/mol. The largest absolute Gasteiger partial charge is 3.00 e. The number of aromatic nitrogens is 4. The van der Waals surface area contributed by atoms with Gasteiger partial charge in [-0.2, -0.15) is 38.5 Å². The number of rotatable bonds is 3. The maximum Gasteiger partial charge on any atom is 3.00 e. The molecule has 300 valence electrons. The zero-order valence-electron chi connectivity index (χ0n) is 28.3. The first kappa shape index (κ1) is 47.1. The fourth-order valence-corrected chi connectivity index (χ4v) is 3.88. The normalized spacial score (nSPS) is 14.6. The number of alkyl halides is 6. The van der Waals surface area contributed by atoms with Crippen LogP contribution in [0.5, 0.6) is 0 Å². The number of pyridine rings is 4. The SMILES string of the molecule is Cc1ccc(C2=C=C[C-](F)C=C2)nc1.Cc1ccc(C2=C=C[C-](F)C=C2)nc1.FC(F)(F)c1ccnc(-c2cc(C(F)(F)F)ccn2)c1.F[P-](F)(F)(F)(F)F.[Ir+3]. The van der Waals surface area contributed by atoms with Crippen molar-refractivity contribution >= 4 is 19.0 Å². The molecule has 0 radical (unpaired) electrons. The van der Waals surface area contributed by atoms with Gasteiger partial charge in [0.25, 0.3) is 0 Å². The topological polar surface area (TPSA) is 51.6 Å². The van der Waals surface area contributed by atoms with Crippen LogP contribution in [0.4, 0.5) is 60.3 Å². The Morgan fingerprint density at radius 2 is 0.875 bits per heavy atom. The van der Waals surface area contributed by atoms with Crippen LogP contribution in [-0.4, -0.2) is 19.9 Å². The van der Waals surface area contributed by atoms with Crippen molar-refractivity contribution in [2.24, 2.45) is 0 Å². The first-order valence-electron chi connectivity index (χ1n) is 15.0. The van der Waals surface area contributed by atoms with E-state index in [-0.39, 0.29) is 43.8 Å². The molecule has 4 aromatic rings. The molecule has 0 aromatic carbocycles. The van der Waals surface area contributed by atoms with Crippen LogP contribution in [0.25, 0.3) is 22.5 Å². The third-order valence-electron chi connectivity index (χ3n) is 6.36. The molecule has 0 aliphatic heterocycles. The van der Waals surface area contributed by atoms with Crippen molar-refractivity contribution < 1.29 is 80.4 Å². The molecule has 0 amide bonds. The van der Waals surface area contributed by atoms with Gasteiger partial charge in [0.15, 0.2) is 0 Å². The number of hydrogen-bond donors (Lipinski definition) is 0. The third kappa shape index (κ3) is 18.1. The predicted molar refractivity (Wildman–Crippen MR) is 179 cm³/mol. The predicted octanol–water partition coefficient (Wildman–Crippen LogP) is 13.6. The number of halogens is 14. The maximum absolute atomic E-state index is 12.6. The number of nitrogens with zero attached hydrogens (tertiary/aromatic N) is 4. The van der Waals surface area contributed by atoms with Crippen molar-refractivity contribution in [1.82, 2.24) is 19.9 Å². The quantitative estimate of drug-likeness (QED) is 0.0888. The molecule has 6 rings (SSSR count). The summed E-state index contributed by atoms with van der Waals surface area (Å²) in [5.74, 6) is 0. The van der Waals surface area contributed by atoms with Gasteiger partial charge < -0.3 is 0 Å². The van der Waals surface area contributed by atoms with E-state index in [0.29, 0.717) is 12.1 Å². The molecule has 0 unspecified atom stereocenters. The minimum Gasteiger partial charge on any atom is 3.00 e. The third-order valence-corrected chi connectivity index (χ3v) is 6.36.